The standard InChI is InChI=1S/C27H20ClFN4/c28-22-6-7-23(30-15-22)10-17-2-1-3-24(17)19-8-20-9-21(13-31-27(20)25(29)11-19)16-4-5-18-14-32-33-26(18)12-16/h1-8,11-15,17,21H,9-10H2,(H,32,33). The van der Waals surface area contributed by atoms with Crippen LogP contribution in [0.4, 0.5) is 10.1 Å². The smallest absolute Gasteiger partial charge is 0.149 e. The predicted octanol–water partition coefficient (Wildman–Crippen LogP) is 6.60. The molecule has 2 aliphatic rings. The first-order chi connectivity index (χ1) is 16.1. The second-order valence-corrected chi connectivity index (χ2v) is 8.99. The van der Waals surface area contributed by atoms with Crippen LogP contribution >= 0.6 is 11.6 Å². The fourth-order valence-corrected chi connectivity index (χ4v) is 4.84. The summed E-state index contributed by atoms with van der Waals surface area (Å²) in [6.07, 6.45) is 13.0. The minimum absolute atomic E-state index is 0.0876. The highest BCUT2D eigenvalue weighted by atomic mass is 35.5. The minimum Gasteiger partial charge on any atom is -0.278 e. The van der Waals surface area contributed by atoms with Crippen LogP contribution in [0.2, 0.25) is 5.02 Å². The molecule has 0 saturated carbocycles. The molecule has 0 radical (unpaired) electrons. The fraction of sp³-hybridized carbons (Fsp3) is 0.148. The molecule has 0 spiro atoms. The maximum absolute atomic E-state index is 15.1. The van der Waals surface area contributed by atoms with Crippen molar-refractivity contribution in [3.63, 3.8) is 0 Å². The van der Waals surface area contributed by atoms with E-state index in [1.807, 2.05) is 30.6 Å². The molecule has 0 bridgehead atoms. The highest BCUT2D eigenvalue weighted by Gasteiger charge is 2.24. The van der Waals surface area contributed by atoms with E-state index >= 15 is 4.39 Å². The Labute approximate surface area is 195 Å². The number of benzene rings is 2. The number of aromatic nitrogens is 3. The van der Waals surface area contributed by atoms with Gasteiger partial charge in [0.15, 0.2) is 0 Å². The zero-order valence-electron chi connectivity index (χ0n) is 17.7. The lowest BCUT2D eigenvalue weighted by Gasteiger charge is -2.22. The second kappa shape index (κ2) is 8.09. The lowest BCUT2D eigenvalue weighted by Crippen LogP contribution is -2.11. The third kappa shape index (κ3) is 3.79. The number of H-pyrrole nitrogens is 1. The van der Waals surface area contributed by atoms with Gasteiger partial charge in [-0.3, -0.25) is 15.1 Å². The van der Waals surface area contributed by atoms with Gasteiger partial charge < -0.3 is 0 Å². The first-order valence-electron chi connectivity index (χ1n) is 10.9. The van der Waals surface area contributed by atoms with Gasteiger partial charge in [-0.25, -0.2) is 4.39 Å². The number of rotatable bonds is 4. The molecule has 2 unspecified atom stereocenters. The summed E-state index contributed by atoms with van der Waals surface area (Å²) in [4.78, 5) is 8.92. The van der Waals surface area contributed by atoms with E-state index in [1.54, 1.807) is 12.3 Å². The number of pyridine rings is 1. The van der Waals surface area contributed by atoms with Gasteiger partial charge in [-0.05, 0) is 59.0 Å². The van der Waals surface area contributed by atoms with Gasteiger partial charge in [0.1, 0.15) is 11.5 Å². The molecule has 4 nitrogen and oxygen atoms in total. The molecule has 1 aliphatic carbocycles. The molecule has 6 heteroatoms. The number of aliphatic imine (C=N–C) groups is 1. The molecule has 2 aromatic heterocycles. The molecule has 0 saturated heterocycles. The summed E-state index contributed by atoms with van der Waals surface area (Å²) in [5, 5.41) is 8.81. The molecule has 4 aromatic rings. The van der Waals surface area contributed by atoms with Crippen molar-refractivity contribution in [3.8, 4) is 0 Å². The van der Waals surface area contributed by atoms with E-state index in [0.29, 0.717) is 17.1 Å². The summed E-state index contributed by atoms with van der Waals surface area (Å²) < 4.78 is 15.1. The number of hydrogen-bond acceptors (Lipinski definition) is 3. The van der Waals surface area contributed by atoms with E-state index in [2.05, 4.69) is 56.6 Å². The third-order valence-electron chi connectivity index (χ3n) is 6.43. The van der Waals surface area contributed by atoms with E-state index in [4.69, 9.17) is 11.6 Å². The van der Waals surface area contributed by atoms with Crippen LogP contribution in [-0.2, 0) is 12.8 Å². The summed E-state index contributed by atoms with van der Waals surface area (Å²) in [5.74, 6) is -0.0521. The summed E-state index contributed by atoms with van der Waals surface area (Å²) in [6.45, 7) is 0. The Balaban J connectivity index is 1.29. The number of allylic oxidation sites excluding steroid dienone is 4. The highest BCUT2D eigenvalue weighted by Crippen LogP contribution is 2.39. The molecule has 0 amide bonds. The maximum Gasteiger partial charge on any atom is 0.149 e. The van der Waals surface area contributed by atoms with Gasteiger partial charge in [0.05, 0.1) is 16.7 Å². The van der Waals surface area contributed by atoms with E-state index in [0.717, 1.165) is 45.3 Å². The summed E-state index contributed by atoms with van der Waals surface area (Å²) in [7, 11) is 0. The molecule has 1 N–H and O–H groups in total. The number of nitrogens with one attached hydrogen (secondary N) is 1. The van der Waals surface area contributed by atoms with Crippen LogP contribution in [0.15, 0.2) is 78.1 Å². The van der Waals surface area contributed by atoms with Gasteiger partial charge in [-0.2, -0.15) is 5.10 Å². The first kappa shape index (κ1) is 20.1. The molecule has 162 valence electrons. The zero-order valence-corrected chi connectivity index (χ0v) is 18.4. The molecule has 6 rings (SSSR count). The van der Waals surface area contributed by atoms with Gasteiger partial charge in [0, 0.05) is 41.7 Å². The summed E-state index contributed by atoms with van der Waals surface area (Å²) in [5.41, 5.74) is 6.46. The van der Waals surface area contributed by atoms with Crippen LogP contribution in [0.1, 0.15) is 28.3 Å². The molecular formula is C27H20ClFN4. The SMILES string of the molecule is Fc1cc(C2=CC=CC2Cc2ccc(Cl)cn2)cc2c1N=CC(c1ccc3cn[nH]c3c1)C2. The Morgan fingerprint density at radius 3 is 2.91 bits per heavy atom. The molecule has 2 aromatic carbocycles. The van der Waals surface area contributed by atoms with E-state index in [9.17, 15) is 0 Å². The monoisotopic (exact) mass is 454 g/mol. The van der Waals surface area contributed by atoms with Gasteiger partial charge in [-0.1, -0.05) is 42.0 Å². The van der Waals surface area contributed by atoms with Crippen LogP contribution < -0.4 is 0 Å². The Hall–Kier alpha value is -3.57. The largest absolute Gasteiger partial charge is 0.278 e. The maximum atomic E-state index is 15.1. The van der Waals surface area contributed by atoms with E-state index in [1.165, 1.54) is 0 Å². The average Bonchev–Trinajstić information content (AvgIpc) is 3.49. The van der Waals surface area contributed by atoms with Crippen molar-refractivity contribution in [2.45, 2.75) is 18.8 Å². The van der Waals surface area contributed by atoms with Gasteiger partial charge in [0.2, 0.25) is 0 Å². The number of fused-ring (bicyclic) bond motifs is 2. The number of nitrogens with zero attached hydrogens (tertiary/aromatic N) is 3. The Kier molecular flexibility index (Phi) is 4.92. The Bertz CT molecular complexity index is 1450. The van der Waals surface area contributed by atoms with Crippen LogP contribution in [0, 0.1) is 11.7 Å². The number of halogens is 2. The molecule has 1 aliphatic heterocycles. The number of aromatic amines is 1. The second-order valence-electron chi connectivity index (χ2n) is 8.56. The van der Waals surface area contributed by atoms with Crippen molar-refractivity contribution in [2.75, 3.05) is 0 Å². The van der Waals surface area contributed by atoms with Gasteiger partial charge in [0.25, 0.3) is 0 Å². The van der Waals surface area contributed by atoms with E-state index < -0.39 is 0 Å². The van der Waals surface area contributed by atoms with Crippen molar-refractivity contribution in [1.29, 1.82) is 0 Å². The third-order valence-corrected chi connectivity index (χ3v) is 6.65. The van der Waals surface area contributed by atoms with Crippen LogP contribution in [-0.4, -0.2) is 21.4 Å². The van der Waals surface area contributed by atoms with Gasteiger partial charge in [-0.15, -0.1) is 0 Å². The normalized spacial score (nSPS) is 19.2. The zero-order chi connectivity index (χ0) is 22.4. The van der Waals surface area contributed by atoms with Crippen molar-refractivity contribution >= 4 is 40.0 Å². The molecular weight excluding hydrogens is 435 g/mol. The predicted molar refractivity (Wildman–Crippen MR) is 131 cm³/mol. The molecule has 2 atom stereocenters. The molecule has 0 fully saturated rings. The highest BCUT2D eigenvalue weighted by molar-refractivity contribution is 6.30. The fourth-order valence-electron chi connectivity index (χ4n) is 4.73. The number of hydrogen-bond donors (Lipinski definition) is 1. The quantitative estimate of drug-likeness (QED) is 0.377. The van der Waals surface area contributed by atoms with Gasteiger partial charge >= 0.3 is 0 Å². The lowest BCUT2D eigenvalue weighted by molar-refractivity contribution is 0.624. The van der Waals surface area contributed by atoms with Crippen LogP contribution in [0.25, 0.3) is 16.5 Å². The summed E-state index contributed by atoms with van der Waals surface area (Å²) in [6, 6.07) is 13.7. The van der Waals surface area contributed by atoms with Crippen molar-refractivity contribution in [1.82, 2.24) is 15.2 Å². The van der Waals surface area contributed by atoms with Crippen molar-refractivity contribution in [2.24, 2.45) is 10.9 Å². The molecule has 33 heavy (non-hydrogen) atoms. The topological polar surface area (TPSA) is 53.9 Å². The first-order valence-corrected chi connectivity index (χ1v) is 11.3. The van der Waals surface area contributed by atoms with Crippen molar-refractivity contribution in [3.05, 3.63) is 106 Å². The lowest BCUT2D eigenvalue weighted by atomic mass is 9.86. The van der Waals surface area contributed by atoms with Crippen LogP contribution in [0.3, 0.4) is 0 Å². The summed E-state index contributed by atoms with van der Waals surface area (Å²) >= 11 is 5.97. The Morgan fingerprint density at radius 1 is 1.09 bits per heavy atom. The van der Waals surface area contributed by atoms with Crippen molar-refractivity contribution < 1.29 is 4.39 Å². The molecule has 3 heterocycles. The van der Waals surface area contributed by atoms with E-state index in [-0.39, 0.29) is 17.7 Å². The minimum atomic E-state index is -0.280. The Morgan fingerprint density at radius 2 is 2.03 bits per heavy atom. The average molecular weight is 455 g/mol. The van der Waals surface area contributed by atoms with Crippen LogP contribution in [0.5, 0.6) is 0 Å².